The molecule has 0 bridgehead atoms. The van der Waals surface area contributed by atoms with Gasteiger partial charge in [-0.25, -0.2) is 0 Å². The van der Waals surface area contributed by atoms with Gasteiger partial charge in [0.1, 0.15) is 0 Å². The molecule has 5 rings (SSSR count). The minimum absolute atomic E-state index is 0.173. The van der Waals surface area contributed by atoms with E-state index in [2.05, 4.69) is 33.6 Å². The van der Waals surface area contributed by atoms with Gasteiger partial charge >= 0.3 is 0 Å². The molecule has 2 aliphatic heterocycles. The molecular formula is C20H17N3O2S. The zero-order chi connectivity index (χ0) is 18.0. The third kappa shape index (κ3) is 1.96. The molecule has 0 aliphatic carbocycles. The van der Waals surface area contributed by atoms with Crippen LogP contribution in [0.5, 0.6) is 0 Å². The van der Waals surface area contributed by atoms with E-state index in [0.717, 1.165) is 33.4 Å². The number of aryl methyl sites for hydroxylation is 1. The third-order valence-electron chi connectivity index (χ3n) is 5.30. The van der Waals surface area contributed by atoms with Crippen molar-refractivity contribution < 1.29 is 9.59 Å². The lowest BCUT2D eigenvalue weighted by atomic mass is 9.86. The lowest BCUT2D eigenvalue weighted by Crippen LogP contribution is -2.33. The molecule has 4 heterocycles. The average molecular weight is 363 g/mol. The molecule has 3 aromatic rings. The van der Waals surface area contributed by atoms with Crippen molar-refractivity contribution in [2.24, 2.45) is 7.05 Å². The summed E-state index contributed by atoms with van der Waals surface area (Å²) in [6.07, 6.45) is 2.11. The highest BCUT2D eigenvalue weighted by atomic mass is 32.1. The van der Waals surface area contributed by atoms with Crippen LogP contribution in [-0.4, -0.2) is 27.8 Å². The highest BCUT2D eigenvalue weighted by Crippen LogP contribution is 2.46. The standard InChI is InChI=1S/C20H17N3O2S/c1-11(24)23-9-15-19(20(23)25)17(12-6-7-26-10-12)13-8-22(2)16-5-3-4-14(21-15)18(13)16/h3-8,10,17,21H,9H2,1-2H3. The van der Waals surface area contributed by atoms with E-state index in [0.29, 0.717) is 12.1 Å². The van der Waals surface area contributed by atoms with E-state index in [-0.39, 0.29) is 17.7 Å². The molecule has 1 N–H and O–H groups in total. The van der Waals surface area contributed by atoms with Crippen molar-refractivity contribution in [2.75, 3.05) is 11.9 Å². The number of hydrogen-bond acceptors (Lipinski definition) is 4. The Labute approximate surface area is 154 Å². The van der Waals surface area contributed by atoms with Crippen LogP contribution >= 0.6 is 11.3 Å². The van der Waals surface area contributed by atoms with E-state index in [1.807, 2.05) is 24.6 Å². The van der Waals surface area contributed by atoms with Gasteiger partial charge in [0.25, 0.3) is 5.91 Å². The largest absolute Gasteiger partial charge is 0.356 e. The summed E-state index contributed by atoms with van der Waals surface area (Å²) >= 11 is 1.62. The van der Waals surface area contributed by atoms with E-state index in [9.17, 15) is 9.59 Å². The Kier molecular flexibility index (Phi) is 3.15. The first-order valence-electron chi connectivity index (χ1n) is 8.49. The normalized spacial score (nSPS) is 18.9. The summed E-state index contributed by atoms with van der Waals surface area (Å²) in [4.78, 5) is 26.4. The molecule has 5 nitrogen and oxygen atoms in total. The summed E-state index contributed by atoms with van der Waals surface area (Å²) in [6.45, 7) is 1.75. The molecule has 0 fully saturated rings. The number of anilines is 1. The predicted molar refractivity (Wildman–Crippen MR) is 102 cm³/mol. The zero-order valence-corrected chi connectivity index (χ0v) is 15.3. The van der Waals surface area contributed by atoms with E-state index in [1.54, 1.807) is 11.3 Å². The Bertz CT molecular complexity index is 1110. The first-order chi connectivity index (χ1) is 12.6. The number of nitrogens with zero attached hydrogens (tertiary/aromatic N) is 2. The second-order valence-electron chi connectivity index (χ2n) is 6.81. The highest BCUT2D eigenvalue weighted by Gasteiger charge is 2.41. The fourth-order valence-corrected chi connectivity index (χ4v) is 4.84. The number of hydrogen-bond donors (Lipinski definition) is 1. The van der Waals surface area contributed by atoms with Gasteiger partial charge in [-0.15, -0.1) is 0 Å². The van der Waals surface area contributed by atoms with Crippen LogP contribution in [0.1, 0.15) is 24.0 Å². The van der Waals surface area contributed by atoms with Crippen LogP contribution in [-0.2, 0) is 16.6 Å². The van der Waals surface area contributed by atoms with Crippen LogP contribution < -0.4 is 5.32 Å². The number of thiophene rings is 1. The Morgan fingerprint density at radius 2 is 2.15 bits per heavy atom. The summed E-state index contributed by atoms with van der Waals surface area (Å²) in [5.41, 5.74) is 5.82. The SMILES string of the molecule is CC(=O)N1CC2=C(C1=O)C(c1ccsc1)c1cn(C)c3cccc(c13)N2. The van der Waals surface area contributed by atoms with Crippen molar-refractivity contribution in [3.8, 4) is 0 Å². The molecule has 6 heteroatoms. The summed E-state index contributed by atoms with van der Waals surface area (Å²) < 4.78 is 2.10. The fraction of sp³-hybridized carbons (Fsp3) is 0.200. The Balaban J connectivity index is 1.82. The van der Waals surface area contributed by atoms with Crippen molar-refractivity contribution in [1.82, 2.24) is 9.47 Å². The number of carbonyl (C=O) groups is 2. The summed E-state index contributed by atoms with van der Waals surface area (Å²) in [6, 6.07) is 8.21. The zero-order valence-electron chi connectivity index (χ0n) is 14.4. The molecule has 0 saturated carbocycles. The van der Waals surface area contributed by atoms with Gasteiger partial charge < -0.3 is 9.88 Å². The molecule has 2 aromatic heterocycles. The topological polar surface area (TPSA) is 54.3 Å². The van der Waals surface area contributed by atoms with Gasteiger partial charge in [-0.3, -0.25) is 14.5 Å². The average Bonchev–Trinajstić information content (AvgIpc) is 3.29. The maximum Gasteiger partial charge on any atom is 0.259 e. The lowest BCUT2D eigenvalue weighted by molar-refractivity contribution is -0.139. The summed E-state index contributed by atoms with van der Waals surface area (Å²) in [5, 5.41) is 8.72. The van der Waals surface area contributed by atoms with Crippen LogP contribution in [0, 0.1) is 0 Å². The Morgan fingerprint density at radius 3 is 2.88 bits per heavy atom. The van der Waals surface area contributed by atoms with E-state index in [4.69, 9.17) is 0 Å². The number of amides is 2. The van der Waals surface area contributed by atoms with Crippen molar-refractivity contribution in [1.29, 1.82) is 0 Å². The molecule has 0 spiro atoms. The number of carbonyl (C=O) groups excluding carboxylic acids is 2. The first-order valence-corrected chi connectivity index (χ1v) is 9.43. The Morgan fingerprint density at radius 1 is 1.31 bits per heavy atom. The minimum atomic E-state index is -0.222. The smallest absolute Gasteiger partial charge is 0.259 e. The minimum Gasteiger partial charge on any atom is -0.356 e. The molecule has 0 radical (unpaired) electrons. The van der Waals surface area contributed by atoms with Gasteiger partial charge in [0.15, 0.2) is 0 Å². The molecule has 26 heavy (non-hydrogen) atoms. The second-order valence-corrected chi connectivity index (χ2v) is 7.59. The Hall–Kier alpha value is -2.86. The number of imide groups is 1. The molecule has 2 amide bonds. The number of aromatic nitrogens is 1. The summed E-state index contributed by atoms with van der Waals surface area (Å²) in [5.74, 6) is -0.589. The van der Waals surface area contributed by atoms with E-state index < -0.39 is 0 Å². The van der Waals surface area contributed by atoms with Gasteiger partial charge in [0.2, 0.25) is 5.91 Å². The van der Waals surface area contributed by atoms with Crippen molar-refractivity contribution in [3.63, 3.8) is 0 Å². The maximum absolute atomic E-state index is 13.1. The number of rotatable bonds is 1. The summed E-state index contributed by atoms with van der Waals surface area (Å²) in [7, 11) is 2.02. The quantitative estimate of drug-likeness (QED) is 0.721. The molecule has 1 aromatic carbocycles. The maximum atomic E-state index is 13.1. The van der Waals surface area contributed by atoms with Gasteiger partial charge in [-0.1, -0.05) is 6.07 Å². The molecule has 1 atom stereocenters. The molecular weight excluding hydrogens is 346 g/mol. The van der Waals surface area contributed by atoms with Crippen LogP contribution in [0.3, 0.4) is 0 Å². The van der Waals surface area contributed by atoms with E-state index in [1.165, 1.54) is 11.8 Å². The van der Waals surface area contributed by atoms with E-state index >= 15 is 0 Å². The van der Waals surface area contributed by atoms with Crippen LogP contribution in [0.4, 0.5) is 5.69 Å². The molecule has 0 saturated heterocycles. The molecule has 1 unspecified atom stereocenters. The second kappa shape index (κ2) is 5.32. The van der Waals surface area contributed by atoms with Crippen molar-refractivity contribution in [2.45, 2.75) is 12.8 Å². The lowest BCUT2D eigenvalue weighted by Gasteiger charge is -2.18. The highest BCUT2D eigenvalue weighted by molar-refractivity contribution is 7.08. The fourth-order valence-electron chi connectivity index (χ4n) is 4.16. The number of nitrogens with one attached hydrogen (secondary N) is 1. The first kappa shape index (κ1) is 15.4. The van der Waals surface area contributed by atoms with Crippen LogP contribution in [0.2, 0.25) is 0 Å². The van der Waals surface area contributed by atoms with Crippen LogP contribution in [0.25, 0.3) is 10.9 Å². The number of benzene rings is 1. The van der Waals surface area contributed by atoms with Gasteiger partial charge in [0, 0.05) is 42.9 Å². The molecule has 2 aliphatic rings. The third-order valence-corrected chi connectivity index (χ3v) is 6.00. The van der Waals surface area contributed by atoms with Gasteiger partial charge in [-0.2, -0.15) is 11.3 Å². The van der Waals surface area contributed by atoms with Crippen molar-refractivity contribution >= 4 is 39.7 Å². The monoisotopic (exact) mass is 363 g/mol. The predicted octanol–water partition coefficient (Wildman–Crippen LogP) is 3.44. The molecule has 130 valence electrons. The van der Waals surface area contributed by atoms with Gasteiger partial charge in [0.05, 0.1) is 17.6 Å². The van der Waals surface area contributed by atoms with Gasteiger partial charge in [-0.05, 0) is 40.1 Å². The van der Waals surface area contributed by atoms with Crippen molar-refractivity contribution in [3.05, 3.63) is 63.6 Å². The van der Waals surface area contributed by atoms with Crippen LogP contribution in [0.15, 0.2) is 52.5 Å².